The molecule has 112 valence electrons. The summed E-state index contributed by atoms with van der Waals surface area (Å²) < 4.78 is 0. The van der Waals surface area contributed by atoms with Crippen LogP contribution < -0.4 is 5.32 Å². The van der Waals surface area contributed by atoms with Gasteiger partial charge in [0, 0.05) is 23.7 Å². The number of aromatic nitrogens is 1. The summed E-state index contributed by atoms with van der Waals surface area (Å²) in [6, 6.07) is 18.0. The summed E-state index contributed by atoms with van der Waals surface area (Å²) in [6.07, 6.45) is 4.34. The maximum atomic E-state index is 3.58. The van der Waals surface area contributed by atoms with Gasteiger partial charge in [-0.05, 0) is 61.0 Å². The Morgan fingerprint density at radius 2 is 2.05 bits per heavy atom. The molecule has 1 aromatic heterocycles. The summed E-state index contributed by atoms with van der Waals surface area (Å²) in [5.74, 6) is 0. The summed E-state index contributed by atoms with van der Waals surface area (Å²) in [5, 5.41) is 4.89. The topological polar surface area (TPSA) is 27.8 Å². The van der Waals surface area contributed by atoms with E-state index in [4.69, 9.17) is 0 Å². The van der Waals surface area contributed by atoms with Gasteiger partial charge in [-0.1, -0.05) is 35.9 Å². The second-order valence-electron chi connectivity index (χ2n) is 6.65. The van der Waals surface area contributed by atoms with Crippen LogP contribution in [0.4, 0.5) is 0 Å². The lowest BCUT2D eigenvalue weighted by Gasteiger charge is -2.29. The van der Waals surface area contributed by atoms with Crippen molar-refractivity contribution in [3.63, 3.8) is 0 Å². The molecule has 1 fully saturated rings. The highest BCUT2D eigenvalue weighted by molar-refractivity contribution is 5.80. The van der Waals surface area contributed by atoms with Crippen molar-refractivity contribution in [1.82, 2.24) is 10.3 Å². The molecule has 0 spiro atoms. The number of hydrogen-bond donors (Lipinski definition) is 2. The van der Waals surface area contributed by atoms with E-state index in [0.29, 0.717) is 0 Å². The van der Waals surface area contributed by atoms with Crippen molar-refractivity contribution in [2.24, 2.45) is 0 Å². The van der Waals surface area contributed by atoms with Gasteiger partial charge in [0.2, 0.25) is 0 Å². The van der Waals surface area contributed by atoms with Crippen LogP contribution in [0.5, 0.6) is 0 Å². The number of hydrogen-bond acceptors (Lipinski definition) is 1. The van der Waals surface area contributed by atoms with Crippen LogP contribution in [0.1, 0.15) is 23.1 Å². The number of aryl methyl sites for hydroxylation is 1. The highest BCUT2D eigenvalue weighted by atomic mass is 14.9. The largest absolute Gasteiger partial charge is 0.361 e. The van der Waals surface area contributed by atoms with Crippen molar-refractivity contribution in [2.75, 3.05) is 13.1 Å². The van der Waals surface area contributed by atoms with Gasteiger partial charge in [-0.3, -0.25) is 0 Å². The minimum absolute atomic E-state index is 0.221. The van der Waals surface area contributed by atoms with Crippen LogP contribution in [0.15, 0.2) is 54.7 Å². The molecule has 2 aromatic carbocycles. The summed E-state index contributed by atoms with van der Waals surface area (Å²) in [6.45, 7) is 4.35. The standard InChI is InChI=1S/C20H22N2/c1-15-3-2-4-16(11-15)13-20(8-10-21-14-20)18-5-6-19-17(12-18)7-9-22-19/h2-7,9,11-12,21-22H,8,10,13-14H2,1H3/t20-/m1/s1. The lowest BCUT2D eigenvalue weighted by Crippen LogP contribution is -2.31. The summed E-state index contributed by atoms with van der Waals surface area (Å²) in [4.78, 5) is 3.29. The van der Waals surface area contributed by atoms with E-state index in [1.54, 1.807) is 0 Å². The molecule has 0 radical (unpaired) electrons. The molecular weight excluding hydrogens is 268 g/mol. The Morgan fingerprint density at radius 3 is 2.86 bits per heavy atom. The predicted molar refractivity (Wildman–Crippen MR) is 92.3 cm³/mol. The Morgan fingerprint density at radius 1 is 1.09 bits per heavy atom. The quantitative estimate of drug-likeness (QED) is 0.751. The number of fused-ring (bicyclic) bond motifs is 1. The third kappa shape index (κ3) is 2.34. The first-order valence-corrected chi connectivity index (χ1v) is 8.09. The molecule has 2 N–H and O–H groups in total. The molecule has 1 saturated heterocycles. The van der Waals surface area contributed by atoms with Crippen LogP contribution in [0.3, 0.4) is 0 Å². The zero-order valence-electron chi connectivity index (χ0n) is 13.0. The van der Waals surface area contributed by atoms with Gasteiger partial charge < -0.3 is 10.3 Å². The number of aromatic amines is 1. The van der Waals surface area contributed by atoms with Crippen molar-refractivity contribution in [3.8, 4) is 0 Å². The summed E-state index contributed by atoms with van der Waals surface area (Å²) in [7, 11) is 0. The fourth-order valence-corrected chi connectivity index (χ4v) is 3.84. The average molecular weight is 290 g/mol. The van der Waals surface area contributed by atoms with Crippen molar-refractivity contribution < 1.29 is 0 Å². The Hall–Kier alpha value is -2.06. The first-order valence-electron chi connectivity index (χ1n) is 8.09. The van der Waals surface area contributed by atoms with E-state index in [1.165, 1.54) is 34.0 Å². The van der Waals surface area contributed by atoms with Gasteiger partial charge in [-0.15, -0.1) is 0 Å². The molecule has 0 amide bonds. The third-order valence-corrected chi connectivity index (χ3v) is 5.03. The predicted octanol–water partition coefficient (Wildman–Crippen LogP) is 3.95. The van der Waals surface area contributed by atoms with Gasteiger partial charge in [-0.2, -0.15) is 0 Å². The molecule has 1 aliphatic rings. The van der Waals surface area contributed by atoms with E-state index in [1.807, 2.05) is 6.20 Å². The van der Waals surface area contributed by atoms with Crippen LogP contribution in [0, 0.1) is 6.92 Å². The van der Waals surface area contributed by atoms with Crippen molar-refractivity contribution in [3.05, 3.63) is 71.4 Å². The zero-order chi connectivity index (χ0) is 15.0. The Bertz CT molecular complexity index is 794. The zero-order valence-corrected chi connectivity index (χ0v) is 13.0. The van der Waals surface area contributed by atoms with Crippen LogP contribution in [0.25, 0.3) is 10.9 Å². The first-order chi connectivity index (χ1) is 10.8. The lowest BCUT2D eigenvalue weighted by molar-refractivity contribution is 0.468. The second kappa shape index (κ2) is 5.29. The van der Waals surface area contributed by atoms with Crippen LogP contribution in [-0.2, 0) is 11.8 Å². The van der Waals surface area contributed by atoms with Gasteiger partial charge in [0.05, 0.1) is 0 Å². The molecule has 2 nitrogen and oxygen atoms in total. The Balaban J connectivity index is 1.75. The molecule has 4 rings (SSSR count). The van der Waals surface area contributed by atoms with Crippen LogP contribution >= 0.6 is 0 Å². The smallest absolute Gasteiger partial charge is 0.0454 e. The van der Waals surface area contributed by atoms with Gasteiger partial charge in [0.1, 0.15) is 0 Å². The maximum absolute atomic E-state index is 3.58. The van der Waals surface area contributed by atoms with Gasteiger partial charge in [0.15, 0.2) is 0 Å². The number of nitrogens with one attached hydrogen (secondary N) is 2. The third-order valence-electron chi connectivity index (χ3n) is 5.03. The lowest BCUT2D eigenvalue weighted by atomic mass is 9.74. The number of rotatable bonds is 3. The fraction of sp³-hybridized carbons (Fsp3) is 0.300. The Kier molecular flexibility index (Phi) is 3.27. The number of benzene rings is 2. The Labute approximate surface area is 131 Å². The van der Waals surface area contributed by atoms with Crippen LogP contribution in [0.2, 0.25) is 0 Å². The van der Waals surface area contributed by atoms with Gasteiger partial charge in [-0.25, -0.2) is 0 Å². The molecule has 0 unspecified atom stereocenters. The highest BCUT2D eigenvalue weighted by Crippen LogP contribution is 2.36. The van der Waals surface area contributed by atoms with Crippen LogP contribution in [-0.4, -0.2) is 18.1 Å². The first kappa shape index (κ1) is 13.6. The summed E-state index contributed by atoms with van der Waals surface area (Å²) in [5.41, 5.74) is 5.70. The van der Waals surface area contributed by atoms with E-state index in [-0.39, 0.29) is 5.41 Å². The van der Waals surface area contributed by atoms with Crippen molar-refractivity contribution in [2.45, 2.75) is 25.2 Å². The molecule has 1 atom stereocenters. The molecule has 1 aliphatic heterocycles. The highest BCUT2D eigenvalue weighted by Gasteiger charge is 2.35. The molecule has 3 aromatic rings. The average Bonchev–Trinajstić information content (AvgIpc) is 3.16. The van der Waals surface area contributed by atoms with E-state index < -0.39 is 0 Å². The number of H-pyrrole nitrogens is 1. The molecule has 0 aliphatic carbocycles. The van der Waals surface area contributed by atoms with Crippen molar-refractivity contribution >= 4 is 10.9 Å². The fourth-order valence-electron chi connectivity index (χ4n) is 3.84. The summed E-state index contributed by atoms with van der Waals surface area (Å²) >= 11 is 0. The van der Waals surface area contributed by atoms with Crippen molar-refractivity contribution in [1.29, 1.82) is 0 Å². The SMILES string of the molecule is Cc1cccc(C[C@]2(c3ccc4[nH]ccc4c3)CCNC2)c1. The molecule has 22 heavy (non-hydrogen) atoms. The molecule has 0 bridgehead atoms. The van der Waals surface area contributed by atoms with E-state index in [0.717, 1.165) is 19.5 Å². The molecule has 2 heterocycles. The second-order valence-corrected chi connectivity index (χ2v) is 6.65. The minimum atomic E-state index is 0.221. The van der Waals surface area contributed by atoms with E-state index >= 15 is 0 Å². The normalized spacial score (nSPS) is 21.5. The van der Waals surface area contributed by atoms with Gasteiger partial charge >= 0.3 is 0 Å². The minimum Gasteiger partial charge on any atom is -0.361 e. The molecule has 0 saturated carbocycles. The molecular formula is C20H22N2. The van der Waals surface area contributed by atoms with E-state index in [9.17, 15) is 0 Å². The molecule has 2 heteroatoms. The monoisotopic (exact) mass is 290 g/mol. The van der Waals surface area contributed by atoms with Gasteiger partial charge in [0.25, 0.3) is 0 Å². The maximum Gasteiger partial charge on any atom is 0.0454 e. The van der Waals surface area contributed by atoms with E-state index in [2.05, 4.69) is 65.8 Å².